The number of hydrogen-bond donors (Lipinski definition) is 0. The van der Waals surface area contributed by atoms with Gasteiger partial charge in [-0.05, 0) is 30.0 Å². The number of allylic oxidation sites excluding steroid dienone is 1. The molecule has 0 unspecified atom stereocenters. The van der Waals surface area contributed by atoms with E-state index in [1.54, 1.807) is 0 Å². The first-order valence-corrected chi connectivity index (χ1v) is 5.45. The number of halogens is 1. The van der Waals surface area contributed by atoms with E-state index in [1.165, 1.54) is 24.5 Å². The fraction of sp³-hybridized carbons (Fsp3) is 0.357. The average molecular weight is 222 g/mol. The Bertz CT molecular complexity index is 301. The number of unbranched alkanes of at least 4 members (excludes halogenated alkanes) is 1. The van der Waals surface area contributed by atoms with Gasteiger partial charge in [-0.25, -0.2) is 0 Å². The zero-order valence-corrected chi connectivity index (χ0v) is 9.95. The standard InChI is InChI=1S/C13H16O.CH3F/c1-2-3-5-12-7-9-13(10-8-12)6-4-11-14;1-2/h4,6-11H,2-3,5H2,1H3;1H3/b6-4+;. The lowest BCUT2D eigenvalue weighted by Gasteiger charge is -1.99. The molecule has 2 heteroatoms. The number of hydrogen-bond acceptors (Lipinski definition) is 1. The Kier molecular flexibility index (Phi) is 9.18. The lowest BCUT2D eigenvalue weighted by Crippen LogP contribution is -1.84. The third-order valence-corrected chi connectivity index (χ3v) is 2.17. The second-order valence-electron chi connectivity index (χ2n) is 3.34. The topological polar surface area (TPSA) is 17.1 Å². The highest BCUT2D eigenvalue weighted by Gasteiger charge is 1.91. The van der Waals surface area contributed by atoms with Gasteiger partial charge in [0.05, 0.1) is 7.18 Å². The lowest BCUT2D eigenvalue weighted by atomic mass is 10.1. The minimum Gasteiger partial charge on any atom is -0.299 e. The fourth-order valence-electron chi connectivity index (χ4n) is 1.33. The summed E-state index contributed by atoms with van der Waals surface area (Å²) >= 11 is 0. The van der Waals surface area contributed by atoms with Crippen molar-refractivity contribution in [1.82, 2.24) is 0 Å². The molecule has 0 aromatic heterocycles. The SMILES string of the molecule is CCCCc1ccc(/C=C/C=O)cc1.CF. The van der Waals surface area contributed by atoms with Gasteiger partial charge in [-0.3, -0.25) is 9.18 Å². The molecule has 0 heterocycles. The van der Waals surface area contributed by atoms with E-state index in [0.717, 1.165) is 18.3 Å². The fourth-order valence-corrected chi connectivity index (χ4v) is 1.33. The third kappa shape index (κ3) is 6.12. The van der Waals surface area contributed by atoms with Crippen molar-refractivity contribution in [1.29, 1.82) is 0 Å². The highest BCUT2D eigenvalue weighted by molar-refractivity contribution is 5.73. The van der Waals surface area contributed by atoms with E-state index in [9.17, 15) is 9.18 Å². The summed E-state index contributed by atoms with van der Waals surface area (Å²) < 4.78 is 9.50. The molecule has 0 N–H and O–H groups in total. The van der Waals surface area contributed by atoms with Gasteiger partial charge >= 0.3 is 0 Å². The maximum absolute atomic E-state index is 10.1. The highest BCUT2D eigenvalue weighted by Crippen LogP contribution is 2.08. The summed E-state index contributed by atoms with van der Waals surface area (Å²) in [4.78, 5) is 10.1. The molecular weight excluding hydrogens is 203 g/mol. The first-order valence-electron chi connectivity index (χ1n) is 5.45. The van der Waals surface area contributed by atoms with Crippen molar-refractivity contribution in [2.45, 2.75) is 26.2 Å². The monoisotopic (exact) mass is 222 g/mol. The average Bonchev–Trinajstić information content (AvgIpc) is 2.37. The third-order valence-electron chi connectivity index (χ3n) is 2.17. The van der Waals surface area contributed by atoms with E-state index in [1.807, 2.05) is 18.2 Å². The van der Waals surface area contributed by atoms with E-state index in [2.05, 4.69) is 19.1 Å². The van der Waals surface area contributed by atoms with Gasteiger partial charge in [-0.15, -0.1) is 0 Å². The summed E-state index contributed by atoms with van der Waals surface area (Å²) in [7, 11) is 0.500. The quantitative estimate of drug-likeness (QED) is 0.546. The Morgan fingerprint density at radius 3 is 2.31 bits per heavy atom. The molecule has 1 nitrogen and oxygen atoms in total. The summed E-state index contributed by atoms with van der Waals surface area (Å²) in [5.41, 5.74) is 2.45. The molecule has 88 valence electrons. The number of rotatable bonds is 5. The van der Waals surface area contributed by atoms with E-state index in [4.69, 9.17) is 0 Å². The van der Waals surface area contributed by atoms with E-state index < -0.39 is 0 Å². The number of carbonyl (C=O) groups excluding carboxylic acids is 1. The smallest absolute Gasteiger partial charge is 0.142 e. The maximum atomic E-state index is 10.1. The molecule has 0 saturated carbocycles. The second kappa shape index (κ2) is 10.1. The zero-order valence-electron chi connectivity index (χ0n) is 9.95. The van der Waals surface area contributed by atoms with Crippen molar-refractivity contribution in [3.05, 3.63) is 41.5 Å². The van der Waals surface area contributed by atoms with Crippen molar-refractivity contribution in [2.24, 2.45) is 0 Å². The number of aldehydes is 1. The number of carbonyl (C=O) groups is 1. The van der Waals surface area contributed by atoms with Crippen LogP contribution in [0.1, 0.15) is 30.9 Å². The Morgan fingerprint density at radius 2 is 1.81 bits per heavy atom. The molecule has 1 rings (SSSR count). The molecule has 0 atom stereocenters. The van der Waals surface area contributed by atoms with Crippen molar-refractivity contribution in [3.8, 4) is 0 Å². The van der Waals surface area contributed by atoms with Crippen LogP contribution in [0.5, 0.6) is 0 Å². The first kappa shape index (κ1) is 14.6. The Balaban J connectivity index is 0.00000106. The lowest BCUT2D eigenvalue weighted by molar-refractivity contribution is -0.104. The van der Waals surface area contributed by atoms with Crippen LogP contribution < -0.4 is 0 Å². The molecule has 1 aromatic rings. The van der Waals surface area contributed by atoms with Gasteiger partial charge in [0.2, 0.25) is 0 Å². The van der Waals surface area contributed by atoms with Crippen molar-refractivity contribution in [2.75, 3.05) is 7.18 Å². The molecule has 16 heavy (non-hydrogen) atoms. The molecule has 0 saturated heterocycles. The minimum atomic E-state index is 0.500. The Morgan fingerprint density at radius 1 is 1.19 bits per heavy atom. The molecule has 0 amide bonds. The van der Waals surface area contributed by atoms with Crippen LogP contribution in [0.2, 0.25) is 0 Å². The van der Waals surface area contributed by atoms with Crippen LogP contribution >= 0.6 is 0 Å². The molecule has 0 spiro atoms. The molecule has 0 radical (unpaired) electrons. The van der Waals surface area contributed by atoms with Crippen LogP contribution in [-0.2, 0) is 11.2 Å². The van der Waals surface area contributed by atoms with Crippen LogP contribution in [0.4, 0.5) is 4.39 Å². The molecule has 1 aromatic carbocycles. The Hall–Kier alpha value is -1.44. The summed E-state index contributed by atoms with van der Waals surface area (Å²) in [5.74, 6) is 0. The molecule has 0 fully saturated rings. The van der Waals surface area contributed by atoms with Crippen LogP contribution in [0.3, 0.4) is 0 Å². The molecule has 0 bridgehead atoms. The van der Waals surface area contributed by atoms with Crippen molar-refractivity contribution < 1.29 is 9.18 Å². The Labute approximate surface area is 97.0 Å². The predicted molar refractivity (Wildman–Crippen MR) is 67.2 cm³/mol. The number of alkyl halides is 1. The van der Waals surface area contributed by atoms with Crippen LogP contribution in [0, 0.1) is 0 Å². The van der Waals surface area contributed by atoms with Gasteiger partial charge in [0.25, 0.3) is 0 Å². The molecular formula is C14H19FO. The van der Waals surface area contributed by atoms with Crippen molar-refractivity contribution >= 4 is 12.4 Å². The van der Waals surface area contributed by atoms with Gasteiger partial charge in [0.15, 0.2) is 0 Å². The summed E-state index contributed by atoms with van der Waals surface area (Å²) in [6.45, 7) is 2.20. The summed E-state index contributed by atoms with van der Waals surface area (Å²) in [6, 6.07) is 8.34. The zero-order chi connectivity index (χ0) is 12.2. The van der Waals surface area contributed by atoms with Crippen LogP contribution in [0.15, 0.2) is 30.3 Å². The molecule has 0 aliphatic carbocycles. The van der Waals surface area contributed by atoms with E-state index in [-0.39, 0.29) is 0 Å². The molecule has 0 aliphatic rings. The second-order valence-corrected chi connectivity index (χ2v) is 3.34. The highest BCUT2D eigenvalue weighted by atomic mass is 19.1. The minimum absolute atomic E-state index is 0.500. The van der Waals surface area contributed by atoms with Crippen molar-refractivity contribution in [3.63, 3.8) is 0 Å². The van der Waals surface area contributed by atoms with Gasteiger partial charge in [-0.2, -0.15) is 0 Å². The van der Waals surface area contributed by atoms with E-state index in [0.29, 0.717) is 7.18 Å². The normalized spacial score (nSPS) is 9.69. The number of aryl methyl sites for hydroxylation is 1. The molecule has 0 aliphatic heterocycles. The van der Waals surface area contributed by atoms with Crippen LogP contribution in [0.25, 0.3) is 6.08 Å². The summed E-state index contributed by atoms with van der Waals surface area (Å²) in [5, 5.41) is 0. The number of benzene rings is 1. The largest absolute Gasteiger partial charge is 0.299 e. The van der Waals surface area contributed by atoms with Gasteiger partial charge in [-0.1, -0.05) is 43.7 Å². The van der Waals surface area contributed by atoms with Gasteiger partial charge in [0, 0.05) is 0 Å². The predicted octanol–water partition coefficient (Wildman–Crippen LogP) is 3.83. The van der Waals surface area contributed by atoms with Gasteiger partial charge < -0.3 is 0 Å². The summed E-state index contributed by atoms with van der Waals surface area (Å²) in [6.07, 6.45) is 7.74. The first-order chi connectivity index (χ1) is 7.86. The van der Waals surface area contributed by atoms with E-state index >= 15 is 0 Å². The maximum Gasteiger partial charge on any atom is 0.142 e. The van der Waals surface area contributed by atoms with Crippen LogP contribution in [-0.4, -0.2) is 13.5 Å². The van der Waals surface area contributed by atoms with Gasteiger partial charge in [0.1, 0.15) is 6.29 Å².